The summed E-state index contributed by atoms with van der Waals surface area (Å²) >= 11 is 5.99. The first-order valence-corrected chi connectivity index (χ1v) is 8.93. The van der Waals surface area contributed by atoms with E-state index < -0.39 is 0 Å². The van der Waals surface area contributed by atoms with E-state index in [0.717, 1.165) is 23.2 Å². The molecule has 5 nitrogen and oxygen atoms in total. The molecule has 0 spiro atoms. The summed E-state index contributed by atoms with van der Waals surface area (Å²) in [4.78, 5) is 31.8. The van der Waals surface area contributed by atoms with Crippen LogP contribution in [0.2, 0.25) is 5.02 Å². The first kappa shape index (κ1) is 19.9. The summed E-state index contributed by atoms with van der Waals surface area (Å²) < 4.78 is 0. The van der Waals surface area contributed by atoms with Crippen molar-refractivity contribution in [3.8, 4) is 0 Å². The van der Waals surface area contributed by atoms with Crippen molar-refractivity contribution in [2.24, 2.45) is 0 Å². The quantitative estimate of drug-likeness (QED) is 0.746. The van der Waals surface area contributed by atoms with Gasteiger partial charge in [0.25, 0.3) is 0 Å². The number of likely N-dealkylation sites (N-methyl/N-ethyl adjacent to an activating group) is 1. The van der Waals surface area contributed by atoms with Crippen LogP contribution < -0.4 is 4.90 Å². The molecule has 1 aromatic heterocycles. The molecule has 0 N–H and O–H groups in total. The van der Waals surface area contributed by atoms with Gasteiger partial charge in [0.2, 0.25) is 11.8 Å². The monoisotopic (exact) mass is 373 g/mol. The third-order valence-corrected chi connectivity index (χ3v) is 4.53. The number of amides is 2. The Hall–Kier alpha value is -2.40. The topological polar surface area (TPSA) is 53.5 Å². The van der Waals surface area contributed by atoms with E-state index in [1.165, 1.54) is 6.92 Å². The molecule has 2 aromatic rings. The first-order chi connectivity index (χ1) is 12.4. The van der Waals surface area contributed by atoms with Gasteiger partial charge in [0.15, 0.2) is 0 Å². The lowest BCUT2D eigenvalue weighted by Gasteiger charge is -2.24. The number of hydrogen-bond acceptors (Lipinski definition) is 3. The molecule has 0 fully saturated rings. The van der Waals surface area contributed by atoms with Crippen molar-refractivity contribution >= 4 is 29.1 Å². The minimum absolute atomic E-state index is 0.0110. The SMILES string of the molecule is CC(=O)N(CCC(=O)N(C)CCc1ccncc1)c1ccc(Cl)cc1C. The maximum absolute atomic E-state index is 12.4. The van der Waals surface area contributed by atoms with Gasteiger partial charge in [0.05, 0.1) is 0 Å². The summed E-state index contributed by atoms with van der Waals surface area (Å²) in [6, 6.07) is 9.27. The van der Waals surface area contributed by atoms with Crippen LogP contribution in [0.25, 0.3) is 0 Å². The zero-order valence-electron chi connectivity index (χ0n) is 15.4. The van der Waals surface area contributed by atoms with Gasteiger partial charge >= 0.3 is 0 Å². The number of hydrogen-bond donors (Lipinski definition) is 0. The second-order valence-corrected chi connectivity index (χ2v) is 6.71. The molecule has 0 aliphatic heterocycles. The number of carbonyl (C=O) groups is 2. The standard InChI is InChI=1S/C20H24ClN3O2/c1-15-14-18(21)4-5-19(15)24(16(2)25)13-9-20(26)23(3)12-8-17-6-10-22-11-7-17/h4-7,10-11,14H,8-9,12-13H2,1-3H3. The van der Waals surface area contributed by atoms with Crippen molar-refractivity contribution in [2.45, 2.75) is 26.7 Å². The fourth-order valence-electron chi connectivity index (χ4n) is 2.74. The zero-order chi connectivity index (χ0) is 19.1. The van der Waals surface area contributed by atoms with Crippen LogP contribution in [0, 0.1) is 6.92 Å². The van der Waals surface area contributed by atoms with Crippen LogP contribution in [0.15, 0.2) is 42.7 Å². The van der Waals surface area contributed by atoms with Crippen LogP contribution in [0.1, 0.15) is 24.5 Å². The highest BCUT2D eigenvalue weighted by molar-refractivity contribution is 6.30. The number of aryl methyl sites for hydroxylation is 1. The Morgan fingerprint density at radius 2 is 1.81 bits per heavy atom. The predicted octanol–water partition coefficient (Wildman–Crippen LogP) is 3.49. The van der Waals surface area contributed by atoms with E-state index in [1.54, 1.807) is 35.3 Å². The predicted molar refractivity (Wildman–Crippen MR) is 104 cm³/mol. The van der Waals surface area contributed by atoms with Gasteiger partial charge in [-0.25, -0.2) is 0 Å². The summed E-state index contributed by atoms with van der Waals surface area (Å²) in [5, 5.41) is 0.627. The number of nitrogens with zero attached hydrogens (tertiary/aromatic N) is 3. The van der Waals surface area contributed by atoms with E-state index in [-0.39, 0.29) is 18.2 Å². The molecule has 0 saturated carbocycles. The molecule has 26 heavy (non-hydrogen) atoms. The fourth-order valence-corrected chi connectivity index (χ4v) is 2.97. The van der Waals surface area contributed by atoms with Crippen LogP contribution in [-0.4, -0.2) is 41.8 Å². The highest BCUT2D eigenvalue weighted by Gasteiger charge is 2.17. The average molecular weight is 374 g/mol. The molecule has 2 amide bonds. The molecule has 6 heteroatoms. The molecular weight excluding hydrogens is 350 g/mol. The largest absolute Gasteiger partial charge is 0.345 e. The first-order valence-electron chi connectivity index (χ1n) is 8.55. The van der Waals surface area contributed by atoms with E-state index in [0.29, 0.717) is 18.1 Å². The van der Waals surface area contributed by atoms with Crippen LogP contribution >= 0.6 is 11.6 Å². The Balaban J connectivity index is 1.93. The lowest BCUT2D eigenvalue weighted by Crippen LogP contribution is -2.35. The molecule has 0 unspecified atom stereocenters. The zero-order valence-corrected chi connectivity index (χ0v) is 16.2. The molecule has 0 saturated heterocycles. The molecule has 0 bridgehead atoms. The lowest BCUT2D eigenvalue weighted by molar-refractivity contribution is -0.129. The highest BCUT2D eigenvalue weighted by atomic mass is 35.5. The number of rotatable bonds is 7. The minimum atomic E-state index is -0.0948. The maximum Gasteiger partial charge on any atom is 0.224 e. The summed E-state index contributed by atoms with van der Waals surface area (Å²) in [5.74, 6) is -0.0837. The number of aromatic nitrogens is 1. The Morgan fingerprint density at radius 1 is 1.12 bits per heavy atom. The Kier molecular flexibility index (Phi) is 7.16. The van der Waals surface area contributed by atoms with Gasteiger partial charge in [0, 0.05) is 56.6 Å². The van der Waals surface area contributed by atoms with Crippen molar-refractivity contribution in [2.75, 3.05) is 25.0 Å². The summed E-state index contributed by atoms with van der Waals surface area (Å²) in [5.41, 5.74) is 2.84. The second kappa shape index (κ2) is 9.34. The molecule has 2 rings (SSSR count). The van der Waals surface area contributed by atoms with Gasteiger partial charge in [-0.3, -0.25) is 14.6 Å². The van der Waals surface area contributed by atoms with E-state index >= 15 is 0 Å². The molecule has 1 heterocycles. The van der Waals surface area contributed by atoms with Crippen molar-refractivity contribution in [3.05, 3.63) is 58.9 Å². The number of pyridine rings is 1. The summed E-state index contributed by atoms with van der Waals surface area (Å²) in [6.45, 7) is 4.38. The van der Waals surface area contributed by atoms with Gasteiger partial charge < -0.3 is 9.80 Å². The third kappa shape index (κ3) is 5.56. The second-order valence-electron chi connectivity index (χ2n) is 6.27. The van der Waals surface area contributed by atoms with Crippen LogP contribution in [-0.2, 0) is 16.0 Å². The van der Waals surface area contributed by atoms with Crippen LogP contribution in [0.3, 0.4) is 0 Å². The minimum Gasteiger partial charge on any atom is -0.345 e. The molecular formula is C20H24ClN3O2. The number of anilines is 1. The van der Waals surface area contributed by atoms with Gasteiger partial charge in [-0.1, -0.05) is 11.6 Å². The molecule has 0 aliphatic carbocycles. The van der Waals surface area contributed by atoms with Gasteiger partial charge in [0.1, 0.15) is 0 Å². The number of halogens is 1. The Morgan fingerprint density at radius 3 is 2.42 bits per heavy atom. The van der Waals surface area contributed by atoms with Gasteiger partial charge in [-0.15, -0.1) is 0 Å². The molecule has 0 aliphatic rings. The normalized spacial score (nSPS) is 10.5. The molecule has 0 atom stereocenters. The number of carbonyl (C=O) groups excluding carboxylic acids is 2. The van der Waals surface area contributed by atoms with E-state index in [9.17, 15) is 9.59 Å². The Bertz CT molecular complexity index is 765. The van der Waals surface area contributed by atoms with Crippen molar-refractivity contribution in [1.82, 2.24) is 9.88 Å². The van der Waals surface area contributed by atoms with E-state index in [2.05, 4.69) is 4.98 Å². The summed E-state index contributed by atoms with van der Waals surface area (Å²) in [7, 11) is 1.79. The smallest absolute Gasteiger partial charge is 0.224 e. The van der Waals surface area contributed by atoms with E-state index in [4.69, 9.17) is 11.6 Å². The van der Waals surface area contributed by atoms with Crippen molar-refractivity contribution in [1.29, 1.82) is 0 Å². The Labute approximate surface area is 159 Å². The third-order valence-electron chi connectivity index (χ3n) is 4.29. The molecule has 0 radical (unpaired) electrons. The number of benzene rings is 1. The van der Waals surface area contributed by atoms with Gasteiger partial charge in [-0.05, 0) is 54.8 Å². The molecule has 1 aromatic carbocycles. The highest BCUT2D eigenvalue weighted by Crippen LogP contribution is 2.24. The van der Waals surface area contributed by atoms with Crippen molar-refractivity contribution in [3.63, 3.8) is 0 Å². The van der Waals surface area contributed by atoms with Crippen molar-refractivity contribution < 1.29 is 9.59 Å². The average Bonchev–Trinajstić information content (AvgIpc) is 2.61. The van der Waals surface area contributed by atoms with Crippen LogP contribution in [0.5, 0.6) is 0 Å². The van der Waals surface area contributed by atoms with E-state index in [1.807, 2.05) is 31.2 Å². The fraction of sp³-hybridized carbons (Fsp3) is 0.350. The van der Waals surface area contributed by atoms with Crippen LogP contribution in [0.4, 0.5) is 5.69 Å². The lowest BCUT2D eigenvalue weighted by atomic mass is 10.1. The summed E-state index contributed by atoms with van der Waals surface area (Å²) in [6.07, 6.45) is 4.54. The van der Waals surface area contributed by atoms with Gasteiger partial charge in [-0.2, -0.15) is 0 Å². The molecule has 138 valence electrons. The maximum atomic E-state index is 12.4.